The third-order valence-electron chi connectivity index (χ3n) is 4.46. The Morgan fingerprint density at radius 2 is 1.87 bits per heavy atom. The highest BCUT2D eigenvalue weighted by Crippen LogP contribution is 2.35. The van der Waals surface area contributed by atoms with Crippen LogP contribution in [0.15, 0.2) is 24.3 Å². The number of ether oxygens (including phenoxy) is 2. The topological polar surface area (TPSA) is 59.6 Å². The minimum Gasteiger partial charge on any atom is -0.383 e. The average Bonchev–Trinajstić information content (AvgIpc) is 2.59. The number of aryl methyl sites for hydroxylation is 1. The first-order valence-electron chi connectivity index (χ1n) is 8.32. The molecule has 1 saturated heterocycles. The van der Waals surface area contributed by atoms with Gasteiger partial charge in [0, 0.05) is 40.0 Å². The molecule has 23 heavy (non-hydrogen) atoms. The molecule has 5 nitrogen and oxygen atoms in total. The monoisotopic (exact) mass is 320 g/mol. The summed E-state index contributed by atoms with van der Waals surface area (Å²) in [6.45, 7) is 6.17. The maximum Gasteiger partial charge on any atom is 0.230 e. The minimum atomic E-state index is -0.460. The van der Waals surface area contributed by atoms with Crippen LogP contribution in [0.3, 0.4) is 0 Å². The summed E-state index contributed by atoms with van der Waals surface area (Å²) in [7, 11) is 1.68. The first kappa shape index (κ1) is 17.9. The maximum absolute atomic E-state index is 12.9. The third-order valence-corrected chi connectivity index (χ3v) is 4.46. The third kappa shape index (κ3) is 4.77. The van der Waals surface area contributed by atoms with Gasteiger partial charge in [0.25, 0.3) is 0 Å². The Morgan fingerprint density at radius 3 is 2.52 bits per heavy atom. The van der Waals surface area contributed by atoms with Crippen LogP contribution in [0.5, 0.6) is 0 Å². The van der Waals surface area contributed by atoms with Crippen LogP contribution in [-0.2, 0) is 19.7 Å². The van der Waals surface area contributed by atoms with Gasteiger partial charge in [-0.05, 0) is 25.3 Å². The van der Waals surface area contributed by atoms with Crippen molar-refractivity contribution in [1.29, 1.82) is 0 Å². The molecule has 2 N–H and O–H groups in total. The average molecular weight is 320 g/mol. The fourth-order valence-electron chi connectivity index (χ4n) is 2.97. The summed E-state index contributed by atoms with van der Waals surface area (Å²) in [5.74, 6) is 0.109. The molecule has 0 radical (unpaired) electrons. The highest BCUT2D eigenvalue weighted by molar-refractivity contribution is 5.88. The van der Waals surface area contributed by atoms with Crippen molar-refractivity contribution in [3.05, 3.63) is 35.4 Å². The number of nitrogens with one attached hydrogen (secondary N) is 2. The molecule has 1 aromatic carbocycles. The predicted molar refractivity (Wildman–Crippen MR) is 90.7 cm³/mol. The molecule has 1 amide bonds. The van der Waals surface area contributed by atoms with Gasteiger partial charge in [-0.1, -0.05) is 29.8 Å². The summed E-state index contributed by atoms with van der Waals surface area (Å²) in [4.78, 5) is 12.9. The Bertz CT molecular complexity index is 482. The quantitative estimate of drug-likeness (QED) is 0.711. The number of benzene rings is 1. The predicted octanol–water partition coefficient (Wildman–Crippen LogP) is 1.40. The van der Waals surface area contributed by atoms with Crippen LogP contribution < -0.4 is 10.6 Å². The van der Waals surface area contributed by atoms with Gasteiger partial charge >= 0.3 is 0 Å². The Balaban J connectivity index is 1.97. The van der Waals surface area contributed by atoms with Crippen LogP contribution in [0.25, 0.3) is 0 Å². The zero-order valence-corrected chi connectivity index (χ0v) is 14.2. The maximum atomic E-state index is 12.9. The summed E-state index contributed by atoms with van der Waals surface area (Å²) in [5, 5.41) is 6.33. The summed E-state index contributed by atoms with van der Waals surface area (Å²) >= 11 is 0. The Morgan fingerprint density at radius 1 is 1.17 bits per heavy atom. The number of hydrogen-bond donors (Lipinski definition) is 2. The van der Waals surface area contributed by atoms with E-state index in [2.05, 4.69) is 41.8 Å². The molecule has 0 aromatic heterocycles. The number of amides is 1. The first-order valence-corrected chi connectivity index (χ1v) is 8.32. The second-order valence-corrected chi connectivity index (χ2v) is 6.06. The van der Waals surface area contributed by atoms with E-state index in [9.17, 15) is 4.79 Å². The van der Waals surface area contributed by atoms with Crippen molar-refractivity contribution < 1.29 is 14.3 Å². The van der Waals surface area contributed by atoms with Crippen molar-refractivity contribution in [3.63, 3.8) is 0 Å². The molecule has 0 spiro atoms. The molecule has 1 fully saturated rings. The van der Waals surface area contributed by atoms with Gasteiger partial charge in [-0.15, -0.1) is 0 Å². The Hall–Kier alpha value is -1.43. The van der Waals surface area contributed by atoms with Crippen LogP contribution in [0.1, 0.15) is 24.0 Å². The van der Waals surface area contributed by atoms with Gasteiger partial charge in [0.2, 0.25) is 5.91 Å². The van der Waals surface area contributed by atoms with Crippen molar-refractivity contribution >= 4 is 5.91 Å². The van der Waals surface area contributed by atoms with Crippen molar-refractivity contribution in [2.75, 3.05) is 46.6 Å². The normalized spacial score (nSPS) is 17.0. The zero-order chi connectivity index (χ0) is 16.5. The van der Waals surface area contributed by atoms with E-state index in [4.69, 9.17) is 9.47 Å². The van der Waals surface area contributed by atoms with E-state index < -0.39 is 5.41 Å². The fraction of sp³-hybridized carbons (Fsp3) is 0.611. The number of methoxy groups -OCH3 is 1. The van der Waals surface area contributed by atoms with Crippen LogP contribution in [-0.4, -0.2) is 52.5 Å². The van der Waals surface area contributed by atoms with Crippen molar-refractivity contribution in [2.24, 2.45) is 0 Å². The molecule has 1 aromatic rings. The molecule has 128 valence electrons. The lowest BCUT2D eigenvalue weighted by Gasteiger charge is -2.36. The zero-order valence-electron chi connectivity index (χ0n) is 14.2. The molecule has 5 heteroatoms. The highest BCUT2D eigenvalue weighted by Gasteiger charge is 2.41. The van der Waals surface area contributed by atoms with Crippen molar-refractivity contribution in [2.45, 2.75) is 25.2 Å². The van der Waals surface area contributed by atoms with Gasteiger partial charge in [-0.25, -0.2) is 0 Å². The first-order chi connectivity index (χ1) is 11.2. The standard InChI is InChI=1S/C18H28N2O3/c1-15-3-5-16(6-4-15)18(7-12-23-13-8-18)17(21)20-10-9-19-11-14-22-2/h3-6,19H,7-14H2,1-2H3,(H,20,21). The molecule has 1 aliphatic heterocycles. The Labute approximate surface area is 138 Å². The molecule has 1 aliphatic rings. The summed E-state index contributed by atoms with van der Waals surface area (Å²) < 4.78 is 10.5. The fourth-order valence-corrected chi connectivity index (χ4v) is 2.97. The van der Waals surface area contributed by atoms with Crippen molar-refractivity contribution in [1.82, 2.24) is 10.6 Å². The SMILES string of the molecule is COCCNCCNC(=O)C1(c2ccc(C)cc2)CCOCC1. The molecule has 0 bridgehead atoms. The van der Waals surface area contributed by atoms with Crippen LogP contribution in [0, 0.1) is 6.92 Å². The van der Waals surface area contributed by atoms with Crippen molar-refractivity contribution in [3.8, 4) is 0 Å². The van der Waals surface area contributed by atoms with Crippen LogP contribution in [0.4, 0.5) is 0 Å². The van der Waals surface area contributed by atoms with Crippen LogP contribution in [0.2, 0.25) is 0 Å². The van der Waals surface area contributed by atoms with E-state index in [1.807, 2.05) is 0 Å². The number of carbonyl (C=O) groups is 1. The molecular formula is C18H28N2O3. The molecule has 1 heterocycles. The lowest BCUT2D eigenvalue weighted by atomic mass is 9.73. The summed E-state index contributed by atoms with van der Waals surface area (Å²) in [6, 6.07) is 8.31. The largest absolute Gasteiger partial charge is 0.383 e. The van der Waals surface area contributed by atoms with Gasteiger partial charge in [0.15, 0.2) is 0 Å². The van der Waals surface area contributed by atoms with Gasteiger partial charge in [0.05, 0.1) is 12.0 Å². The highest BCUT2D eigenvalue weighted by atomic mass is 16.5. The lowest BCUT2D eigenvalue weighted by molar-refractivity contribution is -0.130. The Kier molecular flexibility index (Phi) is 7.02. The van der Waals surface area contributed by atoms with Gasteiger partial charge in [-0.2, -0.15) is 0 Å². The molecule has 2 rings (SSSR count). The molecule has 0 saturated carbocycles. The van der Waals surface area contributed by atoms with E-state index in [1.165, 1.54) is 5.56 Å². The summed E-state index contributed by atoms with van der Waals surface area (Å²) in [6.07, 6.45) is 1.47. The number of rotatable bonds is 8. The van der Waals surface area contributed by atoms with Gasteiger partial charge in [-0.3, -0.25) is 4.79 Å². The van der Waals surface area contributed by atoms with Crippen LogP contribution >= 0.6 is 0 Å². The van der Waals surface area contributed by atoms with E-state index in [-0.39, 0.29) is 5.91 Å². The molecule has 0 atom stereocenters. The second-order valence-electron chi connectivity index (χ2n) is 6.06. The lowest BCUT2D eigenvalue weighted by Crippen LogP contribution is -2.49. The smallest absolute Gasteiger partial charge is 0.230 e. The second kappa shape index (κ2) is 9.01. The van der Waals surface area contributed by atoms with E-state index in [1.54, 1.807) is 7.11 Å². The molecule has 0 unspecified atom stereocenters. The van der Waals surface area contributed by atoms with Gasteiger partial charge < -0.3 is 20.1 Å². The number of hydrogen-bond acceptors (Lipinski definition) is 4. The number of carbonyl (C=O) groups excluding carboxylic acids is 1. The summed E-state index contributed by atoms with van der Waals surface area (Å²) in [5.41, 5.74) is 1.84. The molecule has 0 aliphatic carbocycles. The minimum absolute atomic E-state index is 0.109. The molecular weight excluding hydrogens is 292 g/mol. The van der Waals surface area contributed by atoms with Gasteiger partial charge in [0.1, 0.15) is 0 Å². The van der Waals surface area contributed by atoms with E-state index in [0.717, 1.165) is 31.5 Å². The van der Waals surface area contributed by atoms with E-state index in [0.29, 0.717) is 26.4 Å². The van der Waals surface area contributed by atoms with E-state index >= 15 is 0 Å².